The van der Waals surface area contributed by atoms with E-state index in [0.29, 0.717) is 17.9 Å². The van der Waals surface area contributed by atoms with Crippen molar-refractivity contribution in [1.82, 2.24) is 9.88 Å². The van der Waals surface area contributed by atoms with Crippen molar-refractivity contribution < 1.29 is 4.79 Å². The topological polar surface area (TPSA) is 71.2 Å². The number of carbonyl (C=O) groups excluding carboxylic acids is 1. The number of carbonyl (C=O) groups is 1. The van der Waals surface area contributed by atoms with Crippen LogP contribution in [0.3, 0.4) is 0 Å². The molecule has 5 nitrogen and oxygen atoms in total. The molecule has 2 heterocycles. The second-order valence-corrected chi connectivity index (χ2v) is 4.85. The average molecular weight is 262 g/mol. The molecule has 0 saturated heterocycles. The quantitative estimate of drug-likeness (QED) is 0.650. The van der Waals surface area contributed by atoms with E-state index in [1.807, 2.05) is 17.5 Å². The number of hydrogen-bond donors (Lipinski definition) is 2. The molecule has 2 aromatic heterocycles. The van der Waals surface area contributed by atoms with Crippen molar-refractivity contribution in [2.45, 2.75) is 6.54 Å². The summed E-state index contributed by atoms with van der Waals surface area (Å²) in [6.45, 7) is 0.601. The average Bonchev–Trinajstić information content (AvgIpc) is 2.90. The van der Waals surface area contributed by atoms with Gasteiger partial charge >= 0.3 is 0 Å². The predicted octanol–water partition coefficient (Wildman–Crippen LogP) is 1.70. The van der Waals surface area contributed by atoms with Crippen LogP contribution in [-0.4, -0.2) is 22.8 Å². The van der Waals surface area contributed by atoms with Crippen LogP contribution in [0.4, 0.5) is 5.82 Å². The maximum Gasteiger partial charge on any atom is 0.254 e. The maximum atomic E-state index is 12.2. The number of hydrogen-bond acceptors (Lipinski definition) is 5. The molecule has 2 rings (SSSR count). The lowest BCUT2D eigenvalue weighted by Gasteiger charge is -2.16. The molecule has 0 fully saturated rings. The summed E-state index contributed by atoms with van der Waals surface area (Å²) in [4.78, 5) is 19.0. The molecule has 2 aromatic rings. The van der Waals surface area contributed by atoms with Gasteiger partial charge in [-0.3, -0.25) is 4.79 Å². The van der Waals surface area contributed by atoms with Crippen molar-refractivity contribution in [1.29, 1.82) is 0 Å². The predicted molar refractivity (Wildman–Crippen MR) is 72.2 cm³/mol. The van der Waals surface area contributed by atoms with Crippen molar-refractivity contribution in [2.24, 2.45) is 5.84 Å². The van der Waals surface area contributed by atoms with Crippen LogP contribution >= 0.6 is 11.3 Å². The van der Waals surface area contributed by atoms with Crippen LogP contribution < -0.4 is 11.3 Å². The first-order chi connectivity index (χ1) is 8.70. The van der Waals surface area contributed by atoms with Crippen LogP contribution in [0.1, 0.15) is 15.2 Å². The number of nitrogens with two attached hydrogens (primary N) is 1. The third-order valence-corrected chi connectivity index (χ3v) is 3.34. The number of rotatable bonds is 4. The van der Waals surface area contributed by atoms with Gasteiger partial charge in [0.2, 0.25) is 0 Å². The first-order valence-electron chi connectivity index (χ1n) is 5.41. The molecule has 18 heavy (non-hydrogen) atoms. The summed E-state index contributed by atoms with van der Waals surface area (Å²) in [6.07, 6.45) is 1.56. The SMILES string of the molecule is CN(Cc1cccs1)C(=O)c1ccnc(NN)c1. The van der Waals surface area contributed by atoms with Gasteiger partial charge in [-0.1, -0.05) is 6.07 Å². The maximum absolute atomic E-state index is 12.2. The van der Waals surface area contributed by atoms with Crippen LogP contribution in [-0.2, 0) is 6.54 Å². The normalized spacial score (nSPS) is 10.1. The minimum atomic E-state index is -0.0534. The largest absolute Gasteiger partial charge is 0.337 e. The van der Waals surface area contributed by atoms with E-state index in [9.17, 15) is 4.79 Å². The summed E-state index contributed by atoms with van der Waals surface area (Å²) in [5.41, 5.74) is 2.99. The zero-order chi connectivity index (χ0) is 13.0. The van der Waals surface area contributed by atoms with Gasteiger partial charge in [0.25, 0.3) is 5.91 Å². The number of hydrazine groups is 1. The van der Waals surface area contributed by atoms with E-state index in [0.717, 1.165) is 4.88 Å². The van der Waals surface area contributed by atoms with E-state index in [-0.39, 0.29) is 5.91 Å². The molecule has 0 saturated carbocycles. The summed E-state index contributed by atoms with van der Waals surface area (Å²) < 4.78 is 0. The molecule has 0 aromatic carbocycles. The van der Waals surface area contributed by atoms with E-state index in [4.69, 9.17) is 5.84 Å². The van der Waals surface area contributed by atoms with Gasteiger partial charge in [-0.05, 0) is 23.6 Å². The number of anilines is 1. The number of amides is 1. The Hall–Kier alpha value is -1.92. The van der Waals surface area contributed by atoms with Gasteiger partial charge in [0.05, 0.1) is 6.54 Å². The zero-order valence-corrected chi connectivity index (χ0v) is 10.8. The summed E-state index contributed by atoms with van der Waals surface area (Å²) in [6, 6.07) is 7.29. The van der Waals surface area contributed by atoms with E-state index >= 15 is 0 Å². The Balaban J connectivity index is 2.10. The van der Waals surface area contributed by atoms with Gasteiger partial charge < -0.3 is 10.3 Å². The summed E-state index contributed by atoms with van der Waals surface area (Å²) in [5.74, 6) is 5.69. The first-order valence-corrected chi connectivity index (χ1v) is 6.29. The van der Waals surface area contributed by atoms with Gasteiger partial charge in [0.15, 0.2) is 0 Å². The molecule has 0 aliphatic rings. The van der Waals surface area contributed by atoms with Crippen molar-refractivity contribution >= 4 is 23.1 Å². The van der Waals surface area contributed by atoms with Gasteiger partial charge in [-0.25, -0.2) is 10.8 Å². The smallest absolute Gasteiger partial charge is 0.254 e. The van der Waals surface area contributed by atoms with Crippen LogP contribution in [0.25, 0.3) is 0 Å². The third-order valence-electron chi connectivity index (χ3n) is 2.47. The van der Waals surface area contributed by atoms with Crippen LogP contribution in [0.2, 0.25) is 0 Å². The lowest BCUT2D eigenvalue weighted by molar-refractivity contribution is 0.0786. The van der Waals surface area contributed by atoms with Gasteiger partial charge in [0.1, 0.15) is 5.82 Å². The standard InChI is InChI=1S/C12H14N4OS/c1-16(8-10-3-2-6-18-10)12(17)9-4-5-14-11(7-9)15-13/h2-7H,8,13H2,1H3,(H,14,15). The molecule has 1 amide bonds. The highest BCUT2D eigenvalue weighted by Gasteiger charge is 2.13. The Kier molecular flexibility index (Phi) is 3.91. The van der Waals surface area contributed by atoms with Crippen molar-refractivity contribution in [2.75, 3.05) is 12.5 Å². The fraction of sp³-hybridized carbons (Fsp3) is 0.167. The molecule has 0 radical (unpaired) electrons. The highest BCUT2D eigenvalue weighted by Crippen LogP contribution is 2.14. The van der Waals surface area contributed by atoms with Gasteiger partial charge in [-0.2, -0.15) is 0 Å². The van der Waals surface area contributed by atoms with E-state index in [1.54, 1.807) is 41.6 Å². The van der Waals surface area contributed by atoms with Crippen molar-refractivity contribution in [3.63, 3.8) is 0 Å². The van der Waals surface area contributed by atoms with E-state index in [2.05, 4.69) is 10.4 Å². The number of nitrogens with one attached hydrogen (secondary N) is 1. The minimum Gasteiger partial charge on any atom is -0.337 e. The fourth-order valence-electron chi connectivity index (χ4n) is 1.57. The summed E-state index contributed by atoms with van der Waals surface area (Å²) >= 11 is 1.63. The molecule has 0 spiro atoms. The Morgan fingerprint density at radius 3 is 3.06 bits per heavy atom. The number of pyridine rings is 1. The van der Waals surface area contributed by atoms with Crippen molar-refractivity contribution in [3.8, 4) is 0 Å². The number of aromatic nitrogens is 1. The summed E-state index contributed by atoms with van der Waals surface area (Å²) in [5, 5.41) is 2.00. The molecule has 94 valence electrons. The molecule has 6 heteroatoms. The van der Waals surface area contributed by atoms with Crippen LogP contribution in [0.15, 0.2) is 35.8 Å². The molecule has 0 unspecified atom stereocenters. The fourth-order valence-corrected chi connectivity index (χ4v) is 2.33. The second-order valence-electron chi connectivity index (χ2n) is 3.81. The summed E-state index contributed by atoms with van der Waals surface area (Å²) in [7, 11) is 1.78. The molecule has 0 aliphatic carbocycles. The zero-order valence-electron chi connectivity index (χ0n) is 9.96. The first kappa shape index (κ1) is 12.5. The lowest BCUT2D eigenvalue weighted by Crippen LogP contribution is -2.26. The van der Waals surface area contributed by atoms with Crippen molar-refractivity contribution in [3.05, 3.63) is 46.3 Å². The molecular formula is C12H14N4OS. The Morgan fingerprint density at radius 2 is 2.39 bits per heavy atom. The Bertz CT molecular complexity index is 527. The van der Waals surface area contributed by atoms with Crippen LogP contribution in [0.5, 0.6) is 0 Å². The highest BCUT2D eigenvalue weighted by atomic mass is 32.1. The molecule has 0 atom stereocenters. The molecular weight excluding hydrogens is 248 g/mol. The highest BCUT2D eigenvalue weighted by molar-refractivity contribution is 7.09. The number of nitrogen functional groups attached to an aromatic ring is 1. The van der Waals surface area contributed by atoms with E-state index < -0.39 is 0 Å². The van der Waals surface area contributed by atoms with Crippen LogP contribution in [0, 0.1) is 0 Å². The second kappa shape index (κ2) is 5.61. The van der Waals surface area contributed by atoms with Gasteiger partial charge in [-0.15, -0.1) is 11.3 Å². The molecule has 3 N–H and O–H groups in total. The number of nitrogens with zero attached hydrogens (tertiary/aromatic N) is 2. The molecule has 0 bridgehead atoms. The minimum absolute atomic E-state index is 0.0534. The monoisotopic (exact) mass is 262 g/mol. The Morgan fingerprint density at radius 1 is 1.56 bits per heavy atom. The third kappa shape index (κ3) is 2.85. The lowest BCUT2D eigenvalue weighted by atomic mass is 10.2. The van der Waals surface area contributed by atoms with Gasteiger partial charge in [0, 0.05) is 23.7 Å². The molecule has 0 aliphatic heterocycles. The Labute approximate surface area is 109 Å². The number of thiophene rings is 1. The van der Waals surface area contributed by atoms with E-state index in [1.165, 1.54) is 0 Å².